The van der Waals surface area contributed by atoms with Crippen LogP contribution in [0.3, 0.4) is 0 Å². The van der Waals surface area contributed by atoms with Crippen LogP contribution in [0.2, 0.25) is 0 Å². The van der Waals surface area contributed by atoms with E-state index in [2.05, 4.69) is 17.3 Å². The Morgan fingerprint density at radius 2 is 2.28 bits per heavy atom. The van der Waals surface area contributed by atoms with Crippen molar-refractivity contribution in [3.05, 3.63) is 17.5 Å². The SMILES string of the molecule is CCC(CN)CC(=O)NC(C)c1cnn(C)c1C. The number of carbonyl (C=O) groups is 1. The van der Waals surface area contributed by atoms with Gasteiger partial charge in [-0.05, 0) is 26.3 Å². The Morgan fingerprint density at radius 1 is 1.61 bits per heavy atom. The van der Waals surface area contributed by atoms with Gasteiger partial charge in [-0.1, -0.05) is 13.3 Å². The number of aromatic nitrogens is 2. The predicted octanol–water partition coefficient (Wildman–Crippen LogP) is 1.28. The molecule has 18 heavy (non-hydrogen) atoms. The lowest BCUT2D eigenvalue weighted by molar-refractivity contribution is -0.122. The minimum atomic E-state index is -0.0125. The standard InChI is InChI=1S/C13H24N4O/c1-5-11(7-14)6-13(18)16-9(2)12-8-15-17(4)10(12)3/h8-9,11H,5-7,14H2,1-4H3,(H,16,18). The minimum absolute atomic E-state index is 0.0125. The Hall–Kier alpha value is -1.36. The molecule has 1 aromatic rings. The fraction of sp³-hybridized carbons (Fsp3) is 0.692. The number of nitrogens with one attached hydrogen (secondary N) is 1. The van der Waals surface area contributed by atoms with Crippen molar-refractivity contribution in [3.8, 4) is 0 Å². The Labute approximate surface area is 109 Å². The van der Waals surface area contributed by atoms with Gasteiger partial charge in [0.05, 0.1) is 12.2 Å². The van der Waals surface area contributed by atoms with E-state index in [1.54, 1.807) is 6.20 Å². The molecule has 0 aliphatic heterocycles. The summed E-state index contributed by atoms with van der Waals surface area (Å²) in [5.41, 5.74) is 7.75. The number of carbonyl (C=O) groups excluding carboxylic acids is 1. The second-order valence-corrected chi connectivity index (χ2v) is 4.81. The van der Waals surface area contributed by atoms with E-state index in [4.69, 9.17) is 5.73 Å². The molecule has 1 rings (SSSR count). The van der Waals surface area contributed by atoms with Crippen LogP contribution in [0, 0.1) is 12.8 Å². The van der Waals surface area contributed by atoms with Crippen LogP contribution in [0.25, 0.3) is 0 Å². The fourth-order valence-electron chi connectivity index (χ4n) is 1.98. The minimum Gasteiger partial charge on any atom is -0.349 e. The predicted molar refractivity (Wildman–Crippen MR) is 72.0 cm³/mol. The van der Waals surface area contributed by atoms with Gasteiger partial charge in [-0.2, -0.15) is 5.10 Å². The maximum Gasteiger partial charge on any atom is 0.220 e. The second-order valence-electron chi connectivity index (χ2n) is 4.81. The van der Waals surface area contributed by atoms with E-state index in [1.165, 1.54) is 0 Å². The molecule has 3 N–H and O–H groups in total. The summed E-state index contributed by atoms with van der Waals surface area (Å²) in [5.74, 6) is 0.329. The maximum absolute atomic E-state index is 11.9. The molecule has 0 aliphatic carbocycles. The average molecular weight is 252 g/mol. The fourth-order valence-corrected chi connectivity index (χ4v) is 1.98. The van der Waals surface area contributed by atoms with Crippen LogP contribution in [-0.2, 0) is 11.8 Å². The number of nitrogens with two attached hydrogens (primary N) is 1. The number of amides is 1. The number of rotatable bonds is 6. The van der Waals surface area contributed by atoms with Gasteiger partial charge in [-0.15, -0.1) is 0 Å². The van der Waals surface area contributed by atoms with Gasteiger partial charge >= 0.3 is 0 Å². The zero-order valence-electron chi connectivity index (χ0n) is 11.7. The number of hydrogen-bond donors (Lipinski definition) is 2. The molecule has 0 aliphatic rings. The van der Waals surface area contributed by atoms with E-state index in [9.17, 15) is 4.79 Å². The third kappa shape index (κ3) is 3.57. The molecule has 0 spiro atoms. The topological polar surface area (TPSA) is 72.9 Å². The van der Waals surface area contributed by atoms with Crippen LogP contribution in [0.1, 0.15) is 44.0 Å². The van der Waals surface area contributed by atoms with Crippen molar-refractivity contribution in [1.82, 2.24) is 15.1 Å². The first-order valence-corrected chi connectivity index (χ1v) is 6.47. The first-order chi connectivity index (χ1) is 8.49. The largest absolute Gasteiger partial charge is 0.349 e. The van der Waals surface area contributed by atoms with Gasteiger partial charge in [0.15, 0.2) is 0 Å². The molecule has 2 atom stereocenters. The lowest BCUT2D eigenvalue weighted by Gasteiger charge is -2.16. The van der Waals surface area contributed by atoms with E-state index < -0.39 is 0 Å². The van der Waals surface area contributed by atoms with E-state index in [1.807, 2.05) is 25.6 Å². The first kappa shape index (κ1) is 14.7. The molecule has 0 radical (unpaired) electrons. The first-order valence-electron chi connectivity index (χ1n) is 6.47. The van der Waals surface area contributed by atoms with Gasteiger partial charge < -0.3 is 11.1 Å². The average Bonchev–Trinajstić information content (AvgIpc) is 2.67. The van der Waals surface area contributed by atoms with Crippen molar-refractivity contribution in [3.63, 3.8) is 0 Å². The van der Waals surface area contributed by atoms with E-state index in [-0.39, 0.29) is 17.9 Å². The van der Waals surface area contributed by atoms with Crippen molar-refractivity contribution in [1.29, 1.82) is 0 Å². The van der Waals surface area contributed by atoms with Crippen LogP contribution in [-0.4, -0.2) is 22.2 Å². The van der Waals surface area contributed by atoms with Crippen molar-refractivity contribution in [2.75, 3.05) is 6.54 Å². The molecule has 0 saturated heterocycles. The van der Waals surface area contributed by atoms with Crippen molar-refractivity contribution in [2.45, 2.75) is 39.7 Å². The van der Waals surface area contributed by atoms with Crippen molar-refractivity contribution >= 4 is 5.91 Å². The summed E-state index contributed by atoms with van der Waals surface area (Å²) in [4.78, 5) is 11.9. The van der Waals surface area contributed by atoms with Crippen LogP contribution < -0.4 is 11.1 Å². The third-order valence-corrected chi connectivity index (χ3v) is 3.50. The lowest BCUT2D eigenvalue weighted by atomic mass is 10.0. The lowest BCUT2D eigenvalue weighted by Crippen LogP contribution is -2.30. The quantitative estimate of drug-likeness (QED) is 0.801. The maximum atomic E-state index is 11.9. The number of nitrogens with zero attached hydrogens (tertiary/aromatic N) is 2. The highest BCUT2D eigenvalue weighted by Gasteiger charge is 2.16. The molecule has 0 bridgehead atoms. The van der Waals surface area contributed by atoms with Gasteiger partial charge in [0.2, 0.25) is 5.91 Å². The smallest absolute Gasteiger partial charge is 0.220 e. The van der Waals surface area contributed by atoms with E-state index >= 15 is 0 Å². The van der Waals surface area contributed by atoms with E-state index in [0.29, 0.717) is 13.0 Å². The molecular formula is C13H24N4O. The van der Waals surface area contributed by atoms with E-state index in [0.717, 1.165) is 17.7 Å². The summed E-state index contributed by atoms with van der Waals surface area (Å²) in [6.45, 7) is 6.59. The summed E-state index contributed by atoms with van der Waals surface area (Å²) in [6, 6.07) is -0.0125. The highest BCUT2D eigenvalue weighted by atomic mass is 16.1. The van der Waals surface area contributed by atoms with Gasteiger partial charge in [-0.25, -0.2) is 0 Å². The molecule has 102 valence electrons. The highest BCUT2D eigenvalue weighted by Crippen LogP contribution is 2.16. The molecule has 5 heteroatoms. The molecule has 2 unspecified atom stereocenters. The van der Waals surface area contributed by atoms with Gasteiger partial charge in [-0.3, -0.25) is 9.48 Å². The molecule has 0 aromatic carbocycles. The summed E-state index contributed by atoms with van der Waals surface area (Å²) in [6.07, 6.45) is 3.24. The highest BCUT2D eigenvalue weighted by molar-refractivity contribution is 5.76. The molecule has 0 saturated carbocycles. The van der Waals surface area contributed by atoms with Gasteiger partial charge in [0, 0.05) is 24.7 Å². The number of hydrogen-bond acceptors (Lipinski definition) is 3. The zero-order chi connectivity index (χ0) is 13.7. The Bertz CT molecular complexity index is 396. The van der Waals surface area contributed by atoms with Crippen molar-refractivity contribution < 1.29 is 4.79 Å². The summed E-state index contributed by atoms with van der Waals surface area (Å²) < 4.78 is 1.81. The molecule has 5 nitrogen and oxygen atoms in total. The van der Waals surface area contributed by atoms with Gasteiger partial charge in [0.25, 0.3) is 0 Å². The van der Waals surface area contributed by atoms with Crippen LogP contribution in [0.5, 0.6) is 0 Å². The third-order valence-electron chi connectivity index (χ3n) is 3.50. The summed E-state index contributed by atoms with van der Waals surface area (Å²) >= 11 is 0. The zero-order valence-corrected chi connectivity index (χ0v) is 11.7. The van der Waals surface area contributed by atoms with Crippen LogP contribution >= 0.6 is 0 Å². The Balaban J connectivity index is 2.57. The molecule has 1 heterocycles. The van der Waals surface area contributed by atoms with Crippen LogP contribution in [0.4, 0.5) is 0 Å². The number of aryl methyl sites for hydroxylation is 1. The Morgan fingerprint density at radius 3 is 2.72 bits per heavy atom. The summed E-state index contributed by atoms with van der Waals surface area (Å²) in [7, 11) is 1.90. The van der Waals surface area contributed by atoms with Crippen LogP contribution in [0.15, 0.2) is 6.20 Å². The molecule has 1 amide bonds. The molecule has 0 fully saturated rings. The van der Waals surface area contributed by atoms with Gasteiger partial charge in [0.1, 0.15) is 0 Å². The summed E-state index contributed by atoms with van der Waals surface area (Å²) in [5, 5.41) is 7.18. The second kappa shape index (κ2) is 6.54. The molecule has 1 aromatic heterocycles. The molecular weight excluding hydrogens is 228 g/mol. The monoisotopic (exact) mass is 252 g/mol. The Kier molecular flexibility index (Phi) is 5.34. The van der Waals surface area contributed by atoms with Crippen molar-refractivity contribution in [2.24, 2.45) is 18.7 Å². The normalized spacial score (nSPS) is 14.3.